The van der Waals surface area contributed by atoms with Crippen LogP contribution >= 0.6 is 12.6 Å². The summed E-state index contributed by atoms with van der Waals surface area (Å²) in [5.41, 5.74) is 1.64. The maximum atomic E-state index is 13.5. The highest BCUT2D eigenvalue weighted by Crippen LogP contribution is 2.32. The van der Waals surface area contributed by atoms with Gasteiger partial charge in [-0.2, -0.15) is 0 Å². The maximum absolute atomic E-state index is 13.5. The van der Waals surface area contributed by atoms with Crippen molar-refractivity contribution in [2.75, 3.05) is 13.2 Å². The Kier molecular flexibility index (Phi) is 4.39. The molecule has 5 heteroatoms. The van der Waals surface area contributed by atoms with E-state index in [4.69, 9.17) is 5.11 Å². The molecule has 1 aromatic carbocycles. The molecule has 0 saturated heterocycles. The molecule has 3 N–H and O–H groups in total. The number of aliphatic hydroxyl groups is 1. The Bertz CT molecular complexity index is 389. The summed E-state index contributed by atoms with van der Waals surface area (Å²) in [7, 11) is 0. The van der Waals surface area contributed by atoms with Gasteiger partial charge in [0.25, 0.3) is 0 Å². The quantitative estimate of drug-likeness (QED) is 0.473. The van der Waals surface area contributed by atoms with Gasteiger partial charge in [0, 0.05) is 12.6 Å². The minimum Gasteiger partial charge on any atom is -0.395 e. The SMILES string of the molecule is OCCNC(S)NC1CCc2c(F)cccc21. The lowest BCUT2D eigenvalue weighted by molar-refractivity contribution is 0.285. The van der Waals surface area contributed by atoms with E-state index in [1.54, 1.807) is 6.07 Å². The Labute approximate surface area is 106 Å². The largest absolute Gasteiger partial charge is 0.395 e. The van der Waals surface area contributed by atoms with E-state index < -0.39 is 0 Å². The predicted octanol–water partition coefficient (Wildman–Crippen LogP) is 1.20. The Balaban J connectivity index is 2.00. The molecule has 0 aromatic heterocycles. The third-order valence-corrected chi connectivity index (χ3v) is 3.35. The number of benzene rings is 1. The second kappa shape index (κ2) is 5.82. The standard InChI is InChI=1S/C12H17FN2OS/c13-10-3-1-2-9-8(10)4-5-11(9)15-12(17)14-6-7-16/h1-3,11-12,14-17H,4-7H2. The molecule has 0 heterocycles. The van der Waals surface area contributed by atoms with Crippen molar-refractivity contribution < 1.29 is 9.50 Å². The molecule has 0 bridgehead atoms. The van der Waals surface area contributed by atoms with Gasteiger partial charge in [-0.25, -0.2) is 4.39 Å². The van der Waals surface area contributed by atoms with Crippen molar-refractivity contribution >= 4 is 12.6 Å². The number of fused-ring (bicyclic) bond motifs is 1. The monoisotopic (exact) mass is 256 g/mol. The first-order chi connectivity index (χ1) is 8.22. The highest BCUT2D eigenvalue weighted by Gasteiger charge is 2.25. The highest BCUT2D eigenvalue weighted by atomic mass is 32.1. The van der Waals surface area contributed by atoms with Gasteiger partial charge in [-0.15, -0.1) is 12.6 Å². The topological polar surface area (TPSA) is 44.3 Å². The number of thiol groups is 1. The molecule has 3 nitrogen and oxygen atoms in total. The summed E-state index contributed by atoms with van der Waals surface area (Å²) < 4.78 is 13.5. The zero-order valence-corrected chi connectivity index (χ0v) is 10.4. The van der Waals surface area contributed by atoms with Gasteiger partial charge in [0.05, 0.1) is 6.61 Å². The predicted molar refractivity (Wildman–Crippen MR) is 68.5 cm³/mol. The summed E-state index contributed by atoms with van der Waals surface area (Å²) in [5, 5.41) is 15.0. The molecule has 94 valence electrons. The number of rotatable bonds is 5. The van der Waals surface area contributed by atoms with Crippen LogP contribution in [0.3, 0.4) is 0 Å². The molecule has 1 aliphatic rings. The van der Waals surface area contributed by atoms with Gasteiger partial charge >= 0.3 is 0 Å². The fourth-order valence-electron chi connectivity index (χ4n) is 2.23. The maximum Gasteiger partial charge on any atom is 0.126 e. The number of hydrogen-bond donors (Lipinski definition) is 4. The van der Waals surface area contributed by atoms with E-state index in [0.717, 1.165) is 24.0 Å². The lowest BCUT2D eigenvalue weighted by atomic mass is 10.1. The lowest BCUT2D eigenvalue weighted by Gasteiger charge is -2.20. The van der Waals surface area contributed by atoms with E-state index in [2.05, 4.69) is 23.3 Å². The van der Waals surface area contributed by atoms with Crippen LogP contribution in [0.4, 0.5) is 4.39 Å². The molecule has 0 aliphatic heterocycles. The molecule has 2 rings (SSSR count). The summed E-state index contributed by atoms with van der Waals surface area (Å²) in [6.07, 6.45) is 1.65. The number of aliphatic hydroxyl groups excluding tert-OH is 1. The van der Waals surface area contributed by atoms with Crippen molar-refractivity contribution in [3.8, 4) is 0 Å². The molecule has 0 radical (unpaired) electrons. The Morgan fingerprint density at radius 3 is 3.12 bits per heavy atom. The van der Waals surface area contributed by atoms with E-state index in [1.165, 1.54) is 6.07 Å². The van der Waals surface area contributed by atoms with E-state index in [9.17, 15) is 4.39 Å². The smallest absolute Gasteiger partial charge is 0.126 e. The summed E-state index contributed by atoms with van der Waals surface area (Å²) in [5.74, 6) is -0.120. The van der Waals surface area contributed by atoms with Crippen molar-refractivity contribution in [3.63, 3.8) is 0 Å². The molecule has 2 atom stereocenters. The van der Waals surface area contributed by atoms with Gasteiger partial charge in [-0.1, -0.05) is 12.1 Å². The molecule has 0 spiro atoms. The Morgan fingerprint density at radius 1 is 1.53 bits per heavy atom. The van der Waals surface area contributed by atoms with Gasteiger partial charge in [0.15, 0.2) is 0 Å². The molecular weight excluding hydrogens is 239 g/mol. The van der Waals surface area contributed by atoms with Crippen LogP contribution in [0.5, 0.6) is 0 Å². The van der Waals surface area contributed by atoms with Crippen molar-refractivity contribution in [2.45, 2.75) is 24.4 Å². The second-order valence-corrected chi connectivity index (χ2v) is 4.66. The van der Waals surface area contributed by atoms with Crippen LogP contribution in [0.2, 0.25) is 0 Å². The minimum absolute atomic E-state index is 0.0780. The average Bonchev–Trinajstić information content (AvgIpc) is 2.71. The molecule has 0 saturated carbocycles. The van der Waals surface area contributed by atoms with Crippen molar-refractivity contribution in [3.05, 3.63) is 35.1 Å². The average molecular weight is 256 g/mol. The van der Waals surface area contributed by atoms with Gasteiger partial charge in [-0.3, -0.25) is 10.6 Å². The van der Waals surface area contributed by atoms with Gasteiger partial charge < -0.3 is 5.11 Å². The van der Waals surface area contributed by atoms with Crippen LogP contribution in [0.15, 0.2) is 18.2 Å². The van der Waals surface area contributed by atoms with Crippen molar-refractivity contribution in [2.24, 2.45) is 0 Å². The summed E-state index contributed by atoms with van der Waals surface area (Å²) in [6, 6.07) is 5.33. The molecule has 0 fully saturated rings. The number of hydrogen-bond acceptors (Lipinski definition) is 4. The van der Waals surface area contributed by atoms with Crippen LogP contribution in [0.25, 0.3) is 0 Å². The zero-order valence-electron chi connectivity index (χ0n) is 9.49. The van der Waals surface area contributed by atoms with E-state index >= 15 is 0 Å². The third kappa shape index (κ3) is 2.98. The Hall–Kier alpha value is -0.620. The molecule has 2 unspecified atom stereocenters. The molecule has 1 aliphatic carbocycles. The summed E-state index contributed by atoms with van der Waals surface area (Å²) in [6.45, 7) is 0.568. The van der Waals surface area contributed by atoms with Crippen LogP contribution in [0.1, 0.15) is 23.6 Å². The van der Waals surface area contributed by atoms with E-state index in [-0.39, 0.29) is 24.0 Å². The summed E-state index contributed by atoms with van der Waals surface area (Å²) >= 11 is 4.33. The fraction of sp³-hybridized carbons (Fsp3) is 0.500. The third-order valence-electron chi connectivity index (χ3n) is 3.02. The van der Waals surface area contributed by atoms with E-state index in [1.807, 2.05) is 6.07 Å². The van der Waals surface area contributed by atoms with Crippen molar-refractivity contribution in [1.29, 1.82) is 0 Å². The molecule has 1 aromatic rings. The molecule has 17 heavy (non-hydrogen) atoms. The van der Waals surface area contributed by atoms with E-state index in [0.29, 0.717) is 6.54 Å². The molecule has 0 amide bonds. The fourth-order valence-corrected chi connectivity index (χ4v) is 2.54. The lowest BCUT2D eigenvalue weighted by Crippen LogP contribution is -2.40. The zero-order chi connectivity index (χ0) is 12.3. The summed E-state index contributed by atoms with van der Waals surface area (Å²) in [4.78, 5) is 0. The van der Waals surface area contributed by atoms with Gasteiger partial charge in [0.1, 0.15) is 11.3 Å². The highest BCUT2D eigenvalue weighted by molar-refractivity contribution is 7.80. The first kappa shape index (κ1) is 12.8. The van der Waals surface area contributed by atoms with Crippen LogP contribution < -0.4 is 10.6 Å². The first-order valence-electron chi connectivity index (χ1n) is 5.78. The van der Waals surface area contributed by atoms with Gasteiger partial charge in [-0.05, 0) is 30.0 Å². The number of nitrogens with one attached hydrogen (secondary N) is 2. The van der Waals surface area contributed by atoms with Crippen LogP contribution in [-0.4, -0.2) is 23.8 Å². The molecular formula is C12H17FN2OS. The number of halogens is 1. The van der Waals surface area contributed by atoms with Gasteiger partial charge in [0.2, 0.25) is 0 Å². The van der Waals surface area contributed by atoms with Crippen LogP contribution in [0, 0.1) is 5.82 Å². The minimum atomic E-state index is -0.193. The van der Waals surface area contributed by atoms with Crippen LogP contribution in [-0.2, 0) is 6.42 Å². The first-order valence-corrected chi connectivity index (χ1v) is 6.29. The van der Waals surface area contributed by atoms with Crippen molar-refractivity contribution in [1.82, 2.24) is 10.6 Å². The Morgan fingerprint density at radius 2 is 2.35 bits per heavy atom. The second-order valence-electron chi connectivity index (χ2n) is 4.15. The normalized spacial score (nSPS) is 20.3.